The second-order valence-corrected chi connectivity index (χ2v) is 10.7. The van der Waals surface area contributed by atoms with Gasteiger partial charge in [0.25, 0.3) is 8.35 Å². The fourth-order valence-electron chi connectivity index (χ4n) is 0.434. The molecule has 11 heavy (non-hydrogen) atoms. The van der Waals surface area contributed by atoms with Gasteiger partial charge in [-0.15, -0.1) is 11.1 Å². The second-order valence-electron chi connectivity index (χ2n) is 1.83. The van der Waals surface area contributed by atoms with Gasteiger partial charge < -0.3 is 8.54 Å². The monoisotopic (exact) mass is 252 g/mol. The third-order valence-electron chi connectivity index (χ3n) is 0.898. The van der Waals surface area contributed by atoms with Gasteiger partial charge >= 0.3 is 7.18 Å². The van der Waals surface area contributed by atoms with E-state index in [-0.39, 0.29) is 0 Å². The molecule has 0 aliphatic rings. The normalized spacial score (nSPS) is 15.0. The molecule has 0 bridgehead atoms. The molecule has 0 heterocycles. The Morgan fingerprint density at radius 2 is 1.91 bits per heavy atom. The van der Waals surface area contributed by atoms with E-state index in [1.165, 1.54) is 0 Å². The molecule has 0 aliphatic carbocycles. The molecule has 0 amide bonds. The quantitative estimate of drug-likeness (QED) is 0.553. The molecule has 1 atom stereocenters. The first kappa shape index (κ1) is 12.2. The van der Waals surface area contributed by atoms with Crippen molar-refractivity contribution in [1.29, 1.82) is 0 Å². The van der Waals surface area contributed by atoms with Gasteiger partial charge in [-0.1, -0.05) is 29.1 Å². The Hall–Kier alpha value is 1.22. The lowest BCUT2D eigenvalue weighted by atomic mass is 10.9. The molecular weight excluding hydrogens is 243 g/mol. The maximum absolute atomic E-state index is 5.79. The van der Waals surface area contributed by atoms with Crippen LogP contribution in [0.25, 0.3) is 0 Å². The van der Waals surface area contributed by atoms with Crippen LogP contribution in [0, 0.1) is 0 Å². The zero-order chi connectivity index (χ0) is 8.91. The Kier molecular flexibility index (Phi) is 6.44. The van der Waals surface area contributed by atoms with Crippen LogP contribution in [0.5, 0.6) is 0 Å². The van der Waals surface area contributed by atoms with Gasteiger partial charge in [0.15, 0.2) is 0 Å². The van der Waals surface area contributed by atoms with E-state index in [4.69, 9.17) is 41.8 Å². The lowest BCUT2D eigenvalue weighted by Gasteiger charge is -2.18. The molecule has 1 unspecified atom stereocenters. The molecule has 7 heteroatoms. The first-order chi connectivity index (χ1) is 5.02. The molecular formula is C4H11Cl3O2Si2. The summed E-state index contributed by atoms with van der Waals surface area (Å²) < 4.78 is 10.2. The molecule has 0 aromatic rings. The number of rotatable bonds is 5. The third-order valence-corrected chi connectivity index (χ3v) is 8.27. The van der Waals surface area contributed by atoms with E-state index >= 15 is 0 Å². The van der Waals surface area contributed by atoms with Crippen molar-refractivity contribution < 1.29 is 8.54 Å². The topological polar surface area (TPSA) is 18.5 Å². The molecule has 0 fully saturated rings. The predicted octanol–water partition coefficient (Wildman–Crippen LogP) is 2.43. The largest absolute Gasteiger partial charge is 0.541 e. The fraction of sp³-hybridized carbons (Fsp3) is 1.00. The maximum Gasteiger partial charge on any atom is 0.541 e. The minimum Gasteiger partial charge on any atom is -0.403 e. The zero-order valence-corrected chi connectivity index (χ0v) is 10.9. The van der Waals surface area contributed by atoms with E-state index in [1.807, 2.05) is 13.8 Å². The van der Waals surface area contributed by atoms with Crippen LogP contribution >= 0.6 is 33.2 Å². The summed E-state index contributed by atoms with van der Waals surface area (Å²) in [6.07, 6.45) is 0. The van der Waals surface area contributed by atoms with Crippen LogP contribution in [0.1, 0.15) is 13.8 Å². The van der Waals surface area contributed by atoms with Crippen molar-refractivity contribution >= 4 is 48.8 Å². The lowest BCUT2D eigenvalue weighted by Crippen LogP contribution is -2.34. The average molecular weight is 254 g/mol. The van der Waals surface area contributed by atoms with Gasteiger partial charge in [0.05, 0.1) is 0 Å². The van der Waals surface area contributed by atoms with Crippen LogP contribution < -0.4 is 0 Å². The highest BCUT2D eigenvalue weighted by atomic mass is 35.7. The van der Waals surface area contributed by atoms with Crippen LogP contribution in [0.15, 0.2) is 0 Å². The van der Waals surface area contributed by atoms with Gasteiger partial charge in [-0.05, 0) is 13.0 Å². The summed E-state index contributed by atoms with van der Waals surface area (Å²) >= 11 is 17.2. The summed E-state index contributed by atoms with van der Waals surface area (Å²) in [6, 6.07) is 0.794. The summed E-state index contributed by atoms with van der Waals surface area (Å²) in [5.74, 6) is 0. The Morgan fingerprint density at radius 3 is 2.27 bits per heavy atom. The molecule has 0 rings (SSSR count). The summed E-state index contributed by atoms with van der Waals surface area (Å²) in [5, 5.41) is 0. The van der Waals surface area contributed by atoms with Gasteiger partial charge in [0.2, 0.25) is 0 Å². The van der Waals surface area contributed by atoms with E-state index in [0.717, 1.165) is 6.04 Å². The summed E-state index contributed by atoms with van der Waals surface area (Å²) in [7, 11) is -4.61. The van der Waals surface area contributed by atoms with Gasteiger partial charge in [0, 0.05) is 6.61 Å². The molecule has 0 N–H and O–H groups in total. The van der Waals surface area contributed by atoms with Crippen LogP contribution in [-0.4, -0.2) is 22.1 Å². The SMILES string of the molecule is CCO[Si](Cl)(Cl)O[SiH](Cl)CC. The Morgan fingerprint density at radius 1 is 1.36 bits per heavy atom. The Labute approximate surface area is 83.8 Å². The first-order valence-corrected chi connectivity index (χ1v) is 10.2. The van der Waals surface area contributed by atoms with E-state index in [2.05, 4.69) is 0 Å². The second kappa shape index (κ2) is 5.80. The molecule has 68 valence electrons. The smallest absolute Gasteiger partial charge is 0.403 e. The van der Waals surface area contributed by atoms with E-state index < -0.39 is 15.5 Å². The minimum absolute atomic E-state index is 0.459. The fourth-order valence-corrected chi connectivity index (χ4v) is 7.44. The molecule has 2 nitrogen and oxygen atoms in total. The van der Waals surface area contributed by atoms with Gasteiger partial charge in [-0.25, -0.2) is 0 Å². The maximum atomic E-state index is 5.79. The van der Waals surface area contributed by atoms with E-state index in [9.17, 15) is 0 Å². The Bertz CT molecular complexity index is 114. The third kappa shape index (κ3) is 6.39. The van der Waals surface area contributed by atoms with Crippen molar-refractivity contribution in [3.8, 4) is 0 Å². The van der Waals surface area contributed by atoms with Crippen molar-refractivity contribution in [3.63, 3.8) is 0 Å². The van der Waals surface area contributed by atoms with Crippen LogP contribution in [0.2, 0.25) is 6.04 Å². The molecule has 0 aromatic carbocycles. The van der Waals surface area contributed by atoms with Gasteiger partial charge in [-0.2, -0.15) is 0 Å². The van der Waals surface area contributed by atoms with Crippen LogP contribution in [0.3, 0.4) is 0 Å². The highest BCUT2D eigenvalue weighted by molar-refractivity contribution is 7.41. The van der Waals surface area contributed by atoms with Crippen molar-refractivity contribution in [2.24, 2.45) is 0 Å². The van der Waals surface area contributed by atoms with Gasteiger partial charge in [-0.3, -0.25) is 0 Å². The lowest BCUT2D eigenvalue weighted by molar-refractivity contribution is 0.293. The van der Waals surface area contributed by atoms with Gasteiger partial charge in [0.1, 0.15) is 0 Å². The molecule has 0 radical (unpaired) electrons. The van der Waals surface area contributed by atoms with Crippen molar-refractivity contribution in [1.82, 2.24) is 0 Å². The summed E-state index contributed by atoms with van der Waals surface area (Å²) in [4.78, 5) is 0. The highest BCUT2D eigenvalue weighted by Gasteiger charge is 2.35. The Balaban J connectivity index is 3.70. The van der Waals surface area contributed by atoms with Crippen molar-refractivity contribution in [2.45, 2.75) is 19.9 Å². The van der Waals surface area contributed by atoms with Crippen molar-refractivity contribution in [3.05, 3.63) is 0 Å². The molecule has 0 saturated carbocycles. The molecule has 0 spiro atoms. The minimum atomic E-state index is -2.91. The van der Waals surface area contributed by atoms with Crippen molar-refractivity contribution in [2.75, 3.05) is 6.61 Å². The number of halogens is 3. The summed E-state index contributed by atoms with van der Waals surface area (Å²) in [6.45, 7) is 4.21. The highest BCUT2D eigenvalue weighted by Crippen LogP contribution is 2.20. The standard InChI is InChI=1S/C4H11Cl3O2Si2/c1-3-8-11(6,7)9-10(5)4-2/h10H,3-4H2,1-2H3. The van der Waals surface area contributed by atoms with Crippen LogP contribution in [0.4, 0.5) is 0 Å². The van der Waals surface area contributed by atoms with E-state index in [1.54, 1.807) is 0 Å². The predicted molar refractivity (Wildman–Crippen MR) is 53.7 cm³/mol. The van der Waals surface area contributed by atoms with E-state index in [0.29, 0.717) is 6.61 Å². The number of hydrogen-bond donors (Lipinski definition) is 0. The zero-order valence-electron chi connectivity index (χ0n) is 6.44. The summed E-state index contributed by atoms with van der Waals surface area (Å²) in [5.41, 5.74) is 0. The molecule has 0 aromatic heterocycles. The molecule has 0 aliphatic heterocycles. The average Bonchev–Trinajstić information content (AvgIpc) is 1.86. The molecule has 0 saturated heterocycles. The first-order valence-electron chi connectivity index (χ1n) is 3.35. The van der Waals surface area contributed by atoms with Crippen LogP contribution in [-0.2, 0) is 8.54 Å². The number of hydrogen-bond acceptors (Lipinski definition) is 2.